The first kappa shape index (κ1) is 15.9. The van der Waals surface area contributed by atoms with E-state index in [4.69, 9.17) is 0 Å². The fourth-order valence-electron chi connectivity index (χ4n) is 1.93. The Morgan fingerprint density at radius 1 is 1.53 bits per heavy atom. The topological polar surface area (TPSA) is 35.6 Å². The minimum absolute atomic E-state index is 0.106. The van der Waals surface area contributed by atoms with Crippen LogP contribution < -0.4 is 5.32 Å². The van der Waals surface area contributed by atoms with Crippen molar-refractivity contribution in [2.75, 3.05) is 45.9 Å². The van der Waals surface area contributed by atoms with Crippen LogP contribution in [-0.2, 0) is 4.79 Å². The highest BCUT2D eigenvalue weighted by atomic mass is 19.1. The Morgan fingerprint density at radius 3 is 2.79 bits per heavy atom. The van der Waals surface area contributed by atoms with Gasteiger partial charge in [0.1, 0.15) is 6.67 Å². The number of alkyl halides is 1. The predicted molar refractivity (Wildman–Crippen MR) is 75.5 cm³/mol. The third kappa shape index (κ3) is 5.53. The summed E-state index contributed by atoms with van der Waals surface area (Å²) < 4.78 is 12.5. The summed E-state index contributed by atoms with van der Waals surface area (Å²) in [7, 11) is 0. The second-order valence-electron chi connectivity index (χ2n) is 4.68. The van der Waals surface area contributed by atoms with Gasteiger partial charge < -0.3 is 10.2 Å². The number of nitrogens with zero attached hydrogens (tertiary/aromatic N) is 2. The van der Waals surface area contributed by atoms with Gasteiger partial charge >= 0.3 is 0 Å². The summed E-state index contributed by atoms with van der Waals surface area (Å²) in [5, 5.41) is 3.28. The number of nitrogens with one attached hydrogen (secondary N) is 1. The molecular weight excluding hydrogens is 245 g/mol. The molecule has 0 aliphatic carbocycles. The quantitative estimate of drug-likeness (QED) is 0.701. The van der Waals surface area contributed by atoms with E-state index in [9.17, 15) is 9.18 Å². The van der Waals surface area contributed by atoms with Crippen LogP contribution in [-0.4, -0.2) is 61.7 Å². The van der Waals surface area contributed by atoms with Gasteiger partial charge in [0, 0.05) is 38.9 Å². The van der Waals surface area contributed by atoms with Crippen LogP contribution in [0.15, 0.2) is 24.9 Å². The average Bonchev–Trinajstić information content (AvgIpc) is 2.46. The Kier molecular flexibility index (Phi) is 7.36. The molecule has 0 aromatic carbocycles. The molecule has 1 aliphatic heterocycles. The van der Waals surface area contributed by atoms with Crippen molar-refractivity contribution in [1.82, 2.24) is 15.1 Å². The van der Waals surface area contributed by atoms with Crippen molar-refractivity contribution in [2.45, 2.75) is 6.92 Å². The van der Waals surface area contributed by atoms with Crippen LogP contribution in [0.5, 0.6) is 0 Å². The van der Waals surface area contributed by atoms with Gasteiger partial charge in [-0.25, -0.2) is 4.39 Å². The summed E-state index contributed by atoms with van der Waals surface area (Å²) in [6, 6.07) is 0. The van der Waals surface area contributed by atoms with Crippen LogP contribution >= 0.6 is 0 Å². The number of rotatable bonds is 7. The van der Waals surface area contributed by atoms with Crippen LogP contribution in [0.4, 0.5) is 4.39 Å². The Bertz CT molecular complexity index is 314. The summed E-state index contributed by atoms with van der Waals surface area (Å²) >= 11 is 0. The van der Waals surface area contributed by atoms with Crippen molar-refractivity contribution < 1.29 is 9.18 Å². The molecule has 0 bridgehead atoms. The molecule has 1 fully saturated rings. The summed E-state index contributed by atoms with van der Waals surface area (Å²) in [6.07, 6.45) is 5.20. The first-order valence-electron chi connectivity index (χ1n) is 6.77. The summed E-state index contributed by atoms with van der Waals surface area (Å²) in [5.41, 5.74) is 0. The van der Waals surface area contributed by atoms with E-state index < -0.39 is 6.67 Å². The minimum atomic E-state index is -0.534. The van der Waals surface area contributed by atoms with Crippen molar-refractivity contribution in [3.05, 3.63) is 24.9 Å². The molecule has 1 saturated heterocycles. The van der Waals surface area contributed by atoms with E-state index in [2.05, 4.69) is 16.8 Å². The number of hydrogen-bond acceptors (Lipinski definition) is 3. The van der Waals surface area contributed by atoms with Gasteiger partial charge in [0.05, 0.1) is 12.5 Å². The highest BCUT2D eigenvalue weighted by molar-refractivity contribution is 5.81. The van der Waals surface area contributed by atoms with Crippen LogP contribution in [0.3, 0.4) is 0 Å². The normalized spacial score (nSPS) is 18.4. The van der Waals surface area contributed by atoms with E-state index in [-0.39, 0.29) is 18.4 Å². The van der Waals surface area contributed by atoms with E-state index in [1.165, 1.54) is 4.90 Å². The molecule has 1 heterocycles. The van der Waals surface area contributed by atoms with Crippen molar-refractivity contribution >= 4 is 5.91 Å². The second kappa shape index (κ2) is 8.82. The molecule has 1 N–H and O–H groups in total. The number of halogens is 1. The Labute approximate surface area is 114 Å². The largest absolute Gasteiger partial charge is 0.316 e. The molecule has 19 heavy (non-hydrogen) atoms. The van der Waals surface area contributed by atoms with E-state index in [1.807, 2.05) is 6.08 Å². The fourth-order valence-corrected chi connectivity index (χ4v) is 1.93. The highest BCUT2D eigenvalue weighted by Gasteiger charge is 2.15. The lowest BCUT2D eigenvalue weighted by molar-refractivity contribution is -0.131. The maximum absolute atomic E-state index is 12.5. The van der Waals surface area contributed by atoms with Gasteiger partial charge in [0.25, 0.3) is 0 Å². The van der Waals surface area contributed by atoms with Crippen LogP contribution in [0, 0.1) is 5.92 Å². The molecular formula is C14H24FN3O. The van der Waals surface area contributed by atoms with E-state index in [0.29, 0.717) is 0 Å². The maximum Gasteiger partial charge on any atom is 0.233 e. The molecule has 1 amide bonds. The standard InChI is InChI=1S/C14H24FN3O/c1-3-13(2)14(19)18(10-5-15)9-4-8-17-11-6-16-7-12-17/h3-4,9,13,16H,1,5-8,10-12H2,2H3/b9-4+/t13-/m0/s1. The zero-order valence-corrected chi connectivity index (χ0v) is 11.6. The molecule has 0 saturated carbocycles. The molecule has 0 spiro atoms. The molecule has 1 atom stereocenters. The zero-order valence-electron chi connectivity index (χ0n) is 11.6. The SMILES string of the molecule is C=C[C@H](C)C(=O)N(/C=C/CN1CCNCC1)CCF. The molecule has 0 radical (unpaired) electrons. The Morgan fingerprint density at radius 2 is 2.21 bits per heavy atom. The van der Waals surface area contributed by atoms with Gasteiger partial charge in [-0.05, 0) is 0 Å². The van der Waals surface area contributed by atoms with Crippen LogP contribution in [0.25, 0.3) is 0 Å². The Hall–Kier alpha value is -1.20. The van der Waals surface area contributed by atoms with Crippen LogP contribution in [0.1, 0.15) is 6.92 Å². The number of carbonyl (C=O) groups excluding carboxylic acids is 1. The third-order valence-corrected chi connectivity index (χ3v) is 3.21. The summed E-state index contributed by atoms with van der Waals surface area (Å²) in [6.45, 7) is 9.73. The van der Waals surface area contributed by atoms with Gasteiger partial charge in [0.15, 0.2) is 0 Å². The van der Waals surface area contributed by atoms with Gasteiger partial charge in [0.2, 0.25) is 5.91 Å². The molecule has 0 aromatic heterocycles. The number of amides is 1. The monoisotopic (exact) mass is 269 g/mol. The summed E-state index contributed by atoms with van der Waals surface area (Å²) in [4.78, 5) is 15.7. The lowest BCUT2D eigenvalue weighted by Crippen LogP contribution is -2.43. The first-order chi connectivity index (χ1) is 9.19. The van der Waals surface area contributed by atoms with Gasteiger partial charge in [-0.1, -0.05) is 19.1 Å². The lowest BCUT2D eigenvalue weighted by atomic mass is 10.1. The second-order valence-corrected chi connectivity index (χ2v) is 4.68. The van der Waals surface area contributed by atoms with Gasteiger partial charge in [-0.3, -0.25) is 9.69 Å². The molecule has 0 aromatic rings. The molecule has 4 nitrogen and oxygen atoms in total. The van der Waals surface area contributed by atoms with E-state index in [1.54, 1.807) is 19.2 Å². The van der Waals surface area contributed by atoms with E-state index in [0.717, 1.165) is 32.7 Å². The first-order valence-corrected chi connectivity index (χ1v) is 6.77. The molecule has 108 valence electrons. The van der Waals surface area contributed by atoms with Gasteiger partial charge in [-0.15, -0.1) is 6.58 Å². The van der Waals surface area contributed by atoms with Crippen molar-refractivity contribution in [2.24, 2.45) is 5.92 Å². The minimum Gasteiger partial charge on any atom is -0.316 e. The molecule has 0 unspecified atom stereocenters. The Balaban J connectivity index is 2.47. The third-order valence-electron chi connectivity index (χ3n) is 3.21. The average molecular weight is 269 g/mol. The van der Waals surface area contributed by atoms with Crippen molar-refractivity contribution in [3.8, 4) is 0 Å². The number of hydrogen-bond donors (Lipinski definition) is 1. The molecule has 5 heteroatoms. The highest BCUT2D eigenvalue weighted by Crippen LogP contribution is 2.05. The lowest BCUT2D eigenvalue weighted by Gasteiger charge is -2.26. The molecule has 1 aliphatic rings. The van der Waals surface area contributed by atoms with Gasteiger partial charge in [-0.2, -0.15) is 0 Å². The fraction of sp³-hybridized carbons (Fsp3) is 0.643. The predicted octanol–water partition coefficient (Wildman–Crippen LogP) is 1.03. The smallest absolute Gasteiger partial charge is 0.233 e. The number of piperazine rings is 1. The number of carbonyl (C=O) groups is 1. The van der Waals surface area contributed by atoms with Crippen molar-refractivity contribution in [3.63, 3.8) is 0 Å². The van der Waals surface area contributed by atoms with Crippen LogP contribution in [0.2, 0.25) is 0 Å². The van der Waals surface area contributed by atoms with Crippen molar-refractivity contribution in [1.29, 1.82) is 0 Å². The zero-order chi connectivity index (χ0) is 14.1. The summed E-state index contributed by atoms with van der Waals surface area (Å²) in [5.74, 6) is -0.389. The van der Waals surface area contributed by atoms with E-state index >= 15 is 0 Å². The maximum atomic E-state index is 12.5. The molecule has 1 rings (SSSR count).